The standard InChI is InChI=1S/C4H9NO2.H2S/c1-2-3(5)4(6)7;/h3H,2,5H2,1H3,(H,6,7);1H2. The second-order valence-corrected chi connectivity index (χ2v) is 1.35. The molecule has 0 saturated carbocycles. The van der Waals surface area contributed by atoms with Crippen LogP contribution in [0.2, 0.25) is 0 Å². The Bertz CT molecular complexity index is 76.4. The first-order valence-electron chi connectivity index (χ1n) is 2.17. The fourth-order valence-corrected chi connectivity index (χ4v) is 0.175. The lowest BCUT2D eigenvalue weighted by Crippen LogP contribution is -2.28. The van der Waals surface area contributed by atoms with Crippen molar-refractivity contribution >= 4 is 19.5 Å². The van der Waals surface area contributed by atoms with Gasteiger partial charge in [0.15, 0.2) is 0 Å². The first-order valence-corrected chi connectivity index (χ1v) is 2.17. The van der Waals surface area contributed by atoms with Gasteiger partial charge in [-0.05, 0) is 6.42 Å². The molecule has 1 unspecified atom stereocenters. The Labute approximate surface area is 55.3 Å². The Hall–Kier alpha value is -0.220. The third-order valence-electron chi connectivity index (χ3n) is 0.757. The van der Waals surface area contributed by atoms with E-state index in [2.05, 4.69) is 0 Å². The van der Waals surface area contributed by atoms with Crippen molar-refractivity contribution in [2.24, 2.45) is 5.73 Å². The summed E-state index contributed by atoms with van der Waals surface area (Å²) < 4.78 is 0. The molecular formula is C4H11NO2S. The molecule has 0 aromatic rings. The minimum absolute atomic E-state index is 0. The second kappa shape index (κ2) is 4.93. The van der Waals surface area contributed by atoms with Gasteiger partial charge in [0.1, 0.15) is 6.04 Å². The molecule has 3 nitrogen and oxygen atoms in total. The van der Waals surface area contributed by atoms with Crippen LogP contribution < -0.4 is 5.73 Å². The highest BCUT2D eigenvalue weighted by Crippen LogP contribution is 1.82. The Morgan fingerprint density at radius 3 is 2.25 bits per heavy atom. The largest absolute Gasteiger partial charge is 0.480 e. The minimum atomic E-state index is -0.928. The summed E-state index contributed by atoms with van der Waals surface area (Å²) >= 11 is 0. The summed E-state index contributed by atoms with van der Waals surface area (Å²) in [5, 5.41) is 8.06. The van der Waals surface area contributed by atoms with E-state index in [4.69, 9.17) is 10.8 Å². The first kappa shape index (κ1) is 10.7. The van der Waals surface area contributed by atoms with Crippen LogP contribution in [0.4, 0.5) is 0 Å². The maximum Gasteiger partial charge on any atom is 0.320 e. The number of carbonyl (C=O) groups is 1. The average molecular weight is 137 g/mol. The summed E-state index contributed by atoms with van der Waals surface area (Å²) in [7, 11) is 0. The molecule has 0 bridgehead atoms. The van der Waals surface area contributed by atoms with Crippen LogP contribution in [0.1, 0.15) is 13.3 Å². The van der Waals surface area contributed by atoms with E-state index < -0.39 is 12.0 Å². The van der Waals surface area contributed by atoms with Gasteiger partial charge in [0.25, 0.3) is 0 Å². The lowest BCUT2D eigenvalue weighted by molar-refractivity contribution is -0.138. The van der Waals surface area contributed by atoms with Crippen LogP contribution in [-0.2, 0) is 4.79 Å². The van der Waals surface area contributed by atoms with E-state index in [9.17, 15) is 4.79 Å². The fourth-order valence-electron chi connectivity index (χ4n) is 0.175. The topological polar surface area (TPSA) is 63.3 Å². The molecule has 0 aliphatic heterocycles. The minimum Gasteiger partial charge on any atom is -0.480 e. The van der Waals surface area contributed by atoms with E-state index in [1.807, 2.05) is 0 Å². The third kappa shape index (κ3) is 3.95. The predicted molar refractivity (Wildman–Crippen MR) is 36.3 cm³/mol. The van der Waals surface area contributed by atoms with Crippen molar-refractivity contribution in [3.8, 4) is 0 Å². The maximum absolute atomic E-state index is 9.81. The van der Waals surface area contributed by atoms with Crippen molar-refractivity contribution in [1.29, 1.82) is 0 Å². The molecule has 0 aliphatic carbocycles. The SMILES string of the molecule is CCC(N)C(=O)O.S. The fraction of sp³-hybridized carbons (Fsp3) is 0.750. The molecule has 0 rings (SSSR count). The van der Waals surface area contributed by atoms with Gasteiger partial charge in [0, 0.05) is 0 Å². The molecule has 0 radical (unpaired) electrons. The van der Waals surface area contributed by atoms with Gasteiger partial charge in [-0.1, -0.05) is 6.92 Å². The van der Waals surface area contributed by atoms with Crippen LogP contribution in [-0.4, -0.2) is 17.1 Å². The second-order valence-electron chi connectivity index (χ2n) is 1.35. The first-order chi connectivity index (χ1) is 3.18. The Kier molecular flexibility index (Phi) is 6.59. The normalized spacial score (nSPS) is 11.8. The smallest absolute Gasteiger partial charge is 0.320 e. The molecule has 0 amide bonds. The number of carboxylic acids is 1. The van der Waals surface area contributed by atoms with Gasteiger partial charge >= 0.3 is 5.97 Å². The monoisotopic (exact) mass is 137 g/mol. The van der Waals surface area contributed by atoms with Crippen LogP contribution in [0.25, 0.3) is 0 Å². The van der Waals surface area contributed by atoms with Crippen molar-refractivity contribution in [1.82, 2.24) is 0 Å². The molecule has 0 fully saturated rings. The molecule has 0 saturated heterocycles. The summed E-state index contributed by atoms with van der Waals surface area (Å²) in [5.41, 5.74) is 5.02. The molecule has 3 N–H and O–H groups in total. The number of carboxylic acid groups (broad SMARTS) is 1. The molecule has 0 aromatic heterocycles. The van der Waals surface area contributed by atoms with Crippen molar-refractivity contribution in [3.63, 3.8) is 0 Å². The van der Waals surface area contributed by atoms with E-state index in [1.165, 1.54) is 0 Å². The van der Waals surface area contributed by atoms with Crippen LogP contribution >= 0.6 is 13.5 Å². The van der Waals surface area contributed by atoms with Crippen molar-refractivity contribution < 1.29 is 9.90 Å². The van der Waals surface area contributed by atoms with Crippen molar-refractivity contribution in [2.45, 2.75) is 19.4 Å². The summed E-state index contributed by atoms with van der Waals surface area (Å²) in [5.74, 6) is -0.928. The highest BCUT2D eigenvalue weighted by molar-refractivity contribution is 7.59. The van der Waals surface area contributed by atoms with Crippen molar-refractivity contribution in [3.05, 3.63) is 0 Å². The van der Waals surface area contributed by atoms with Crippen molar-refractivity contribution in [2.75, 3.05) is 0 Å². The van der Waals surface area contributed by atoms with E-state index in [0.29, 0.717) is 6.42 Å². The number of hydrogen-bond donors (Lipinski definition) is 2. The molecular weight excluding hydrogens is 126 g/mol. The Balaban J connectivity index is 0. The molecule has 0 spiro atoms. The zero-order chi connectivity index (χ0) is 5.86. The van der Waals surface area contributed by atoms with Gasteiger partial charge in [-0.3, -0.25) is 4.79 Å². The zero-order valence-corrected chi connectivity index (χ0v) is 5.72. The number of rotatable bonds is 2. The van der Waals surface area contributed by atoms with Crippen LogP contribution in [0.15, 0.2) is 0 Å². The van der Waals surface area contributed by atoms with Gasteiger partial charge in [0.05, 0.1) is 0 Å². The van der Waals surface area contributed by atoms with Gasteiger partial charge in [0.2, 0.25) is 0 Å². The molecule has 0 heterocycles. The molecule has 8 heavy (non-hydrogen) atoms. The quantitative estimate of drug-likeness (QED) is 0.559. The zero-order valence-electron chi connectivity index (χ0n) is 4.72. The lowest BCUT2D eigenvalue weighted by Gasteiger charge is -1.97. The van der Waals surface area contributed by atoms with Crippen LogP contribution in [0, 0.1) is 0 Å². The van der Waals surface area contributed by atoms with Crippen LogP contribution in [0.3, 0.4) is 0 Å². The number of hydrogen-bond acceptors (Lipinski definition) is 2. The third-order valence-corrected chi connectivity index (χ3v) is 0.757. The van der Waals surface area contributed by atoms with Gasteiger partial charge in [-0.25, -0.2) is 0 Å². The predicted octanol–water partition coefficient (Wildman–Crippen LogP) is -0.0789. The molecule has 0 aromatic carbocycles. The van der Waals surface area contributed by atoms with Crippen LogP contribution in [0.5, 0.6) is 0 Å². The van der Waals surface area contributed by atoms with E-state index in [0.717, 1.165) is 0 Å². The van der Waals surface area contributed by atoms with Gasteiger partial charge in [-0.2, -0.15) is 13.5 Å². The van der Waals surface area contributed by atoms with E-state index >= 15 is 0 Å². The van der Waals surface area contributed by atoms with Gasteiger partial charge in [-0.15, -0.1) is 0 Å². The van der Waals surface area contributed by atoms with Gasteiger partial charge < -0.3 is 10.8 Å². The average Bonchev–Trinajstić information content (AvgIpc) is 1.65. The molecule has 50 valence electrons. The number of aliphatic carboxylic acids is 1. The maximum atomic E-state index is 9.81. The Morgan fingerprint density at radius 2 is 2.25 bits per heavy atom. The van der Waals surface area contributed by atoms with E-state index in [1.54, 1.807) is 6.92 Å². The highest BCUT2D eigenvalue weighted by Gasteiger charge is 2.05. The lowest BCUT2D eigenvalue weighted by atomic mass is 10.2. The highest BCUT2D eigenvalue weighted by atomic mass is 32.1. The summed E-state index contributed by atoms with van der Waals surface area (Å²) in [6, 6.07) is -0.681. The van der Waals surface area contributed by atoms with E-state index in [-0.39, 0.29) is 13.5 Å². The number of nitrogens with two attached hydrogens (primary N) is 1. The summed E-state index contributed by atoms with van der Waals surface area (Å²) in [6.07, 6.45) is 0.495. The Morgan fingerprint density at radius 1 is 1.88 bits per heavy atom. The molecule has 0 aliphatic rings. The molecule has 4 heteroatoms. The summed E-state index contributed by atoms with van der Waals surface area (Å²) in [6.45, 7) is 1.73. The summed E-state index contributed by atoms with van der Waals surface area (Å²) in [4.78, 5) is 9.81. The molecule has 1 atom stereocenters.